The van der Waals surface area contributed by atoms with Gasteiger partial charge in [0.15, 0.2) is 0 Å². The van der Waals surface area contributed by atoms with E-state index in [2.05, 4.69) is 25.4 Å². The van der Waals surface area contributed by atoms with Gasteiger partial charge in [-0.05, 0) is 7.05 Å². The third kappa shape index (κ3) is 9.31. The Morgan fingerprint density at radius 3 is 2.73 bits per heavy atom. The molecule has 0 heterocycles. The summed E-state index contributed by atoms with van der Waals surface area (Å²) in [6.45, 7) is 1.46. The van der Waals surface area contributed by atoms with E-state index in [0.29, 0.717) is 0 Å². The van der Waals surface area contributed by atoms with Crippen molar-refractivity contribution < 1.29 is 19.4 Å². The fraction of sp³-hybridized carbons (Fsp3) is 0.800. The van der Waals surface area contributed by atoms with E-state index in [0.717, 1.165) is 0 Å². The minimum atomic E-state index is -0.290. The van der Waals surface area contributed by atoms with Gasteiger partial charge in [0.25, 0.3) is 0 Å². The molecule has 66 valence electrons. The zero-order valence-corrected chi connectivity index (χ0v) is 6.55. The molecule has 0 bridgehead atoms. The van der Waals surface area contributed by atoms with Crippen LogP contribution in [0.2, 0.25) is 0 Å². The number of carbonyl (C=O) groups is 1. The van der Waals surface area contributed by atoms with Crippen LogP contribution in [0, 0.1) is 0 Å². The molecule has 0 aliphatic carbocycles. The number of amides is 1. The molecular formula is C5H12N2O4. The van der Waals surface area contributed by atoms with Crippen LogP contribution in [0.3, 0.4) is 0 Å². The second-order valence-corrected chi connectivity index (χ2v) is 1.65. The quantitative estimate of drug-likeness (QED) is 0.231. The van der Waals surface area contributed by atoms with Crippen molar-refractivity contribution in [3.05, 3.63) is 0 Å². The zero-order chi connectivity index (χ0) is 8.53. The predicted molar refractivity (Wildman–Crippen MR) is 35.9 cm³/mol. The van der Waals surface area contributed by atoms with Crippen molar-refractivity contribution in [2.24, 2.45) is 0 Å². The van der Waals surface area contributed by atoms with E-state index in [1.807, 2.05) is 0 Å². The summed E-state index contributed by atoms with van der Waals surface area (Å²) in [7, 11) is 1.71. The summed E-state index contributed by atoms with van der Waals surface area (Å²) in [6.07, 6.45) is 0. The number of nitrogens with one attached hydrogen (secondary N) is 2. The van der Waals surface area contributed by atoms with E-state index in [4.69, 9.17) is 0 Å². The van der Waals surface area contributed by atoms with Gasteiger partial charge >= 0.3 is 0 Å². The molecule has 0 rings (SSSR count). The normalized spacial score (nSPS) is 9.64. The maximum Gasteiger partial charge on any atom is 0.240 e. The van der Waals surface area contributed by atoms with Crippen LogP contribution in [0.5, 0.6) is 0 Å². The SMILES string of the molecule is CNCOOCONC(C)=O. The van der Waals surface area contributed by atoms with Gasteiger partial charge in [-0.1, -0.05) is 0 Å². The molecule has 6 nitrogen and oxygen atoms in total. The van der Waals surface area contributed by atoms with Crippen molar-refractivity contribution in [1.29, 1.82) is 0 Å². The molecule has 0 unspecified atom stereocenters. The highest BCUT2D eigenvalue weighted by atomic mass is 17.2. The fourth-order valence-corrected chi connectivity index (χ4v) is 0.290. The third-order valence-corrected chi connectivity index (χ3v) is 0.610. The van der Waals surface area contributed by atoms with Crippen molar-refractivity contribution in [3.8, 4) is 0 Å². The number of hydrogen-bond acceptors (Lipinski definition) is 5. The van der Waals surface area contributed by atoms with E-state index in [1.54, 1.807) is 7.05 Å². The van der Waals surface area contributed by atoms with E-state index >= 15 is 0 Å². The van der Waals surface area contributed by atoms with Gasteiger partial charge in [-0.25, -0.2) is 20.1 Å². The van der Waals surface area contributed by atoms with Crippen molar-refractivity contribution in [3.63, 3.8) is 0 Å². The standard InChI is InChI=1S/C5H12N2O4/c1-5(8)7-9-4-11-10-3-6-2/h6H,3-4H2,1-2H3,(H,7,8). The molecule has 0 aromatic rings. The first-order valence-corrected chi connectivity index (χ1v) is 3.04. The lowest BCUT2D eigenvalue weighted by atomic mass is 10.8. The lowest BCUT2D eigenvalue weighted by Crippen LogP contribution is -2.22. The van der Waals surface area contributed by atoms with Crippen molar-refractivity contribution in [2.45, 2.75) is 6.92 Å². The Labute approximate surface area is 64.7 Å². The smallest absolute Gasteiger partial charge is 0.240 e. The maximum atomic E-state index is 10.2. The Kier molecular flexibility index (Phi) is 6.95. The molecule has 0 saturated carbocycles. The molecule has 0 aromatic carbocycles. The molecule has 11 heavy (non-hydrogen) atoms. The topological polar surface area (TPSA) is 68.8 Å². The Balaban J connectivity index is 2.85. The molecule has 1 amide bonds. The summed E-state index contributed by atoms with van der Waals surface area (Å²) in [5, 5.41) is 2.68. The Morgan fingerprint density at radius 1 is 1.45 bits per heavy atom. The van der Waals surface area contributed by atoms with Gasteiger partial charge in [0, 0.05) is 6.92 Å². The van der Waals surface area contributed by atoms with Gasteiger partial charge in [0.1, 0.15) is 6.73 Å². The zero-order valence-electron chi connectivity index (χ0n) is 6.55. The minimum absolute atomic E-state index is 0.138. The summed E-state index contributed by atoms with van der Waals surface area (Å²) >= 11 is 0. The highest BCUT2D eigenvalue weighted by Gasteiger charge is 1.89. The van der Waals surface area contributed by atoms with Crippen LogP contribution in [0.4, 0.5) is 0 Å². The third-order valence-electron chi connectivity index (χ3n) is 0.610. The van der Waals surface area contributed by atoms with Gasteiger partial charge < -0.3 is 0 Å². The highest BCUT2D eigenvalue weighted by molar-refractivity contribution is 5.71. The molecule has 0 atom stereocenters. The van der Waals surface area contributed by atoms with Crippen LogP contribution in [0.1, 0.15) is 6.92 Å². The average Bonchev–Trinajstić information content (AvgIpc) is 1.96. The number of carbonyl (C=O) groups excluding carboxylic acids is 1. The highest BCUT2D eigenvalue weighted by Crippen LogP contribution is 1.75. The first-order chi connectivity index (χ1) is 5.27. The number of hydrogen-bond donors (Lipinski definition) is 2. The summed E-state index contributed by atoms with van der Waals surface area (Å²) in [6, 6.07) is 0. The van der Waals surface area contributed by atoms with E-state index < -0.39 is 0 Å². The maximum absolute atomic E-state index is 10.2. The van der Waals surface area contributed by atoms with Crippen LogP contribution in [0.25, 0.3) is 0 Å². The predicted octanol–water partition coefficient (Wildman–Crippen LogP) is -0.863. The molecule has 0 aliphatic heterocycles. The van der Waals surface area contributed by atoms with Crippen molar-refractivity contribution in [1.82, 2.24) is 10.8 Å². The Morgan fingerprint density at radius 2 is 2.18 bits per heavy atom. The summed E-state index contributed by atoms with van der Waals surface area (Å²) < 4.78 is 0. The van der Waals surface area contributed by atoms with Gasteiger partial charge in [0.05, 0.1) is 0 Å². The van der Waals surface area contributed by atoms with Gasteiger partial charge in [-0.2, -0.15) is 0 Å². The van der Waals surface area contributed by atoms with Crippen molar-refractivity contribution in [2.75, 3.05) is 20.6 Å². The lowest BCUT2D eigenvalue weighted by molar-refractivity contribution is -0.345. The molecular weight excluding hydrogens is 152 g/mol. The minimum Gasteiger partial charge on any atom is -0.295 e. The second kappa shape index (κ2) is 7.42. The van der Waals surface area contributed by atoms with E-state index in [9.17, 15) is 4.79 Å². The molecule has 6 heteroatoms. The van der Waals surface area contributed by atoms with Crippen molar-refractivity contribution >= 4 is 5.91 Å². The molecule has 0 spiro atoms. The lowest BCUT2D eigenvalue weighted by Gasteiger charge is -2.03. The fourth-order valence-electron chi connectivity index (χ4n) is 0.290. The molecule has 0 fully saturated rings. The summed E-state index contributed by atoms with van der Waals surface area (Å²) in [4.78, 5) is 23.6. The van der Waals surface area contributed by atoms with E-state index in [1.165, 1.54) is 6.92 Å². The summed E-state index contributed by atoms with van der Waals surface area (Å²) in [5.41, 5.74) is 2.06. The Bertz CT molecular complexity index is 109. The van der Waals surface area contributed by atoms with E-state index in [-0.39, 0.29) is 19.4 Å². The largest absolute Gasteiger partial charge is 0.295 e. The summed E-state index contributed by atoms with van der Waals surface area (Å²) in [5.74, 6) is -0.290. The average molecular weight is 164 g/mol. The monoisotopic (exact) mass is 164 g/mol. The second-order valence-electron chi connectivity index (χ2n) is 1.65. The van der Waals surface area contributed by atoms with Gasteiger partial charge in [0.2, 0.25) is 12.7 Å². The van der Waals surface area contributed by atoms with Crippen LogP contribution in [-0.4, -0.2) is 26.5 Å². The van der Waals surface area contributed by atoms with Gasteiger partial charge in [-0.15, -0.1) is 0 Å². The van der Waals surface area contributed by atoms with Crippen LogP contribution in [-0.2, 0) is 19.4 Å². The number of rotatable bonds is 6. The molecule has 0 radical (unpaired) electrons. The van der Waals surface area contributed by atoms with Gasteiger partial charge in [-0.3, -0.25) is 10.1 Å². The first kappa shape index (κ1) is 10.3. The van der Waals surface area contributed by atoms with Crippen LogP contribution >= 0.6 is 0 Å². The Hall–Kier alpha value is -0.690. The molecule has 0 aliphatic rings. The molecule has 2 N–H and O–H groups in total. The van der Waals surface area contributed by atoms with Crippen LogP contribution < -0.4 is 10.8 Å². The number of hydroxylamine groups is 1. The molecule has 0 saturated heterocycles. The first-order valence-electron chi connectivity index (χ1n) is 3.04. The molecule has 0 aromatic heterocycles. The van der Waals surface area contributed by atoms with Crippen LogP contribution in [0.15, 0.2) is 0 Å².